The van der Waals surface area contributed by atoms with Gasteiger partial charge in [0.15, 0.2) is 0 Å². The zero-order chi connectivity index (χ0) is 32.9. The number of rotatable bonds is 5. The van der Waals surface area contributed by atoms with Crippen LogP contribution in [0.25, 0.3) is 0 Å². The van der Waals surface area contributed by atoms with Crippen LogP contribution in [0.1, 0.15) is 202 Å². The maximum Gasteiger partial charge on any atom is 0.123 e. The lowest BCUT2D eigenvalue weighted by Crippen LogP contribution is -2.57. The Labute approximate surface area is 304 Å². The maximum atomic E-state index is 13.8. The van der Waals surface area contributed by atoms with Crippen molar-refractivity contribution in [2.24, 2.45) is 71.0 Å². The van der Waals surface area contributed by atoms with E-state index < -0.39 is 0 Å². The zero-order valence-electron chi connectivity index (χ0n) is 31.9. The molecule has 17 rings (SSSR count). The monoisotopic (exact) mass is 673 g/mol. The van der Waals surface area contributed by atoms with E-state index in [-0.39, 0.29) is 5.41 Å². The highest BCUT2D eigenvalue weighted by atomic mass is 16.3. The minimum atomic E-state index is 0.262. The molecule has 1 aromatic carbocycles. The molecule has 16 fully saturated rings. The summed E-state index contributed by atoms with van der Waals surface area (Å²) >= 11 is 0. The first-order valence-corrected chi connectivity index (χ1v) is 23.1. The van der Waals surface area contributed by atoms with Gasteiger partial charge in [0.05, 0.1) is 0 Å². The Morgan fingerprint density at radius 3 is 0.780 bits per heavy atom. The smallest absolute Gasteiger partial charge is 0.123 e. The summed E-state index contributed by atoms with van der Waals surface area (Å²) in [6.45, 7) is 5.08. The van der Waals surface area contributed by atoms with Crippen LogP contribution >= 0.6 is 0 Å². The van der Waals surface area contributed by atoms with Gasteiger partial charge in [-0.1, -0.05) is 13.8 Å². The van der Waals surface area contributed by atoms with Crippen LogP contribution in [0, 0.1) is 71.0 Å². The summed E-state index contributed by atoms with van der Waals surface area (Å²) in [5.74, 6) is 12.8. The average molecular weight is 673 g/mol. The van der Waals surface area contributed by atoms with Crippen LogP contribution in [0.4, 0.5) is 0 Å². The molecule has 0 radical (unpaired) electrons. The second kappa shape index (κ2) is 9.81. The number of benzene rings is 1. The lowest BCUT2D eigenvalue weighted by atomic mass is 9.39. The molecule has 0 aliphatic heterocycles. The standard InChI is InChI=1S/C49H68O/c1-27(2)40-41(46-15-28-3-29(16-46)5-30(4-28)17-46)42(47-18-31-6-32(19-47)8-33(7-31)20-47)43(48-21-34-9-35(22-48)11-36(10-34)23-48)44(45(40)50)49-24-37-12-38(25-49)14-39(13-37)26-49/h27-39,50H,3-26H2,1-2H3. The highest BCUT2D eigenvalue weighted by Crippen LogP contribution is 2.73. The van der Waals surface area contributed by atoms with Crippen molar-refractivity contribution in [2.75, 3.05) is 0 Å². The Morgan fingerprint density at radius 2 is 0.540 bits per heavy atom. The van der Waals surface area contributed by atoms with Gasteiger partial charge in [-0.25, -0.2) is 0 Å². The molecule has 16 aliphatic carbocycles. The molecule has 270 valence electrons. The quantitative estimate of drug-likeness (QED) is 0.330. The zero-order valence-corrected chi connectivity index (χ0v) is 31.9. The second-order valence-electron chi connectivity index (χ2n) is 24.2. The van der Waals surface area contributed by atoms with Crippen molar-refractivity contribution in [2.45, 2.75) is 196 Å². The van der Waals surface area contributed by atoms with Gasteiger partial charge < -0.3 is 5.11 Å². The highest BCUT2D eigenvalue weighted by molar-refractivity contribution is 5.67. The van der Waals surface area contributed by atoms with E-state index in [0.29, 0.717) is 22.2 Å². The van der Waals surface area contributed by atoms with Crippen molar-refractivity contribution in [1.82, 2.24) is 0 Å². The second-order valence-corrected chi connectivity index (χ2v) is 24.2. The van der Waals surface area contributed by atoms with Crippen LogP contribution in [0.2, 0.25) is 0 Å². The van der Waals surface area contributed by atoms with Gasteiger partial charge in [0.25, 0.3) is 0 Å². The van der Waals surface area contributed by atoms with Crippen molar-refractivity contribution < 1.29 is 5.11 Å². The van der Waals surface area contributed by atoms with Gasteiger partial charge in [-0.15, -0.1) is 0 Å². The third-order valence-corrected chi connectivity index (χ3v) is 20.4. The molecule has 0 unspecified atom stereocenters. The van der Waals surface area contributed by atoms with E-state index in [1.54, 1.807) is 30.4 Å². The van der Waals surface area contributed by atoms with Gasteiger partial charge in [-0.2, -0.15) is 0 Å². The van der Waals surface area contributed by atoms with E-state index in [1.165, 1.54) is 135 Å². The van der Waals surface area contributed by atoms with Gasteiger partial charge in [0.1, 0.15) is 5.75 Å². The van der Waals surface area contributed by atoms with Crippen LogP contribution in [-0.4, -0.2) is 5.11 Å². The van der Waals surface area contributed by atoms with Crippen molar-refractivity contribution >= 4 is 0 Å². The molecule has 1 aromatic rings. The summed E-state index contributed by atoms with van der Waals surface area (Å²) in [5.41, 5.74) is 10.6. The Hall–Kier alpha value is -0.980. The molecule has 16 bridgehead atoms. The van der Waals surface area contributed by atoms with Crippen LogP contribution < -0.4 is 0 Å². The normalized spacial score (nSPS) is 55.7. The minimum Gasteiger partial charge on any atom is -0.507 e. The molecule has 0 heterocycles. The van der Waals surface area contributed by atoms with E-state index in [0.717, 1.165) is 76.8 Å². The maximum absolute atomic E-state index is 13.8. The van der Waals surface area contributed by atoms with Crippen LogP contribution in [0.5, 0.6) is 5.75 Å². The third kappa shape index (κ3) is 3.94. The van der Waals surface area contributed by atoms with Gasteiger partial charge in [-0.05, 0) is 264 Å². The fourth-order valence-electron chi connectivity index (χ4n) is 21.1. The fraction of sp³-hybridized carbons (Fsp3) is 0.878. The number of hydrogen-bond donors (Lipinski definition) is 1. The van der Waals surface area contributed by atoms with Gasteiger partial charge in [-0.3, -0.25) is 0 Å². The fourth-order valence-corrected chi connectivity index (χ4v) is 21.1. The Bertz CT molecular complexity index is 1490. The van der Waals surface area contributed by atoms with E-state index in [9.17, 15) is 5.11 Å². The summed E-state index contributed by atoms with van der Waals surface area (Å²) in [4.78, 5) is 0. The van der Waals surface area contributed by atoms with Crippen LogP contribution in [0.15, 0.2) is 0 Å². The van der Waals surface area contributed by atoms with E-state index in [2.05, 4.69) is 19.4 Å². The number of phenols is 1. The van der Waals surface area contributed by atoms with Crippen molar-refractivity contribution in [1.29, 1.82) is 0 Å². The molecule has 0 atom stereocenters. The molecule has 1 heteroatoms. The van der Waals surface area contributed by atoms with Crippen LogP contribution in [-0.2, 0) is 21.7 Å². The minimum absolute atomic E-state index is 0.262. The topological polar surface area (TPSA) is 20.2 Å². The third-order valence-electron chi connectivity index (χ3n) is 20.4. The summed E-state index contributed by atoms with van der Waals surface area (Å²) in [6.07, 6.45) is 36.0. The summed E-state index contributed by atoms with van der Waals surface area (Å²) in [7, 11) is 0. The molecule has 50 heavy (non-hydrogen) atoms. The summed E-state index contributed by atoms with van der Waals surface area (Å²) in [5, 5.41) is 13.8. The summed E-state index contributed by atoms with van der Waals surface area (Å²) < 4.78 is 0. The molecule has 1 N–H and O–H groups in total. The molecule has 0 spiro atoms. The SMILES string of the molecule is CC(C)c1c(O)c(C23CC4CC(CC(C4)C2)C3)c(C23CC4CC(CC(C4)C2)C3)c(C23CC4CC(CC(C4)C2)C3)c1C12CC3CC(CC(C3)C1)C2. The molecule has 0 aromatic heterocycles. The number of hydrogen-bond acceptors (Lipinski definition) is 1. The Balaban J connectivity index is 1.16. The lowest BCUT2D eigenvalue weighted by Gasteiger charge is -2.65. The molecule has 16 aliphatic rings. The predicted molar refractivity (Wildman–Crippen MR) is 202 cm³/mol. The first kappa shape index (κ1) is 30.4. The van der Waals surface area contributed by atoms with Gasteiger partial charge >= 0.3 is 0 Å². The molecular formula is C49H68O. The molecular weight excluding hydrogens is 605 g/mol. The van der Waals surface area contributed by atoms with Crippen molar-refractivity contribution in [3.8, 4) is 5.75 Å². The average Bonchev–Trinajstić information content (AvgIpc) is 3.01. The van der Waals surface area contributed by atoms with Gasteiger partial charge in [0.2, 0.25) is 0 Å². The van der Waals surface area contributed by atoms with Gasteiger partial charge in [0, 0.05) is 16.5 Å². The van der Waals surface area contributed by atoms with E-state index in [1.807, 2.05) is 11.1 Å². The first-order chi connectivity index (χ1) is 24.2. The number of phenolic OH excluding ortho intramolecular Hbond substituents is 1. The Kier molecular flexibility index (Phi) is 5.96. The molecule has 0 amide bonds. The largest absolute Gasteiger partial charge is 0.507 e. The van der Waals surface area contributed by atoms with Crippen molar-refractivity contribution in [3.63, 3.8) is 0 Å². The Morgan fingerprint density at radius 1 is 0.340 bits per heavy atom. The molecule has 1 nitrogen and oxygen atoms in total. The summed E-state index contributed by atoms with van der Waals surface area (Å²) in [6, 6.07) is 0. The van der Waals surface area contributed by atoms with E-state index in [4.69, 9.17) is 0 Å². The first-order valence-electron chi connectivity index (χ1n) is 23.1. The molecule has 0 saturated heterocycles. The van der Waals surface area contributed by atoms with Crippen molar-refractivity contribution in [3.05, 3.63) is 27.8 Å². The van der Waals surface area contributed by atoms with E-state index >= 15 is 0 Å². The molecule has 16 saturated carbocycles. The number of aromatic hydroxyl groups is 1. The highest BCUT2D eigenvalue weighted by Gasteiger charge is 2.64. The lowest BCUT2D eigenvalue weighted by molar-refractivity contribution is -0.0297. The van der Waals surface area contributed by atoms with Crippen LogP contribution in [0.3, 0.4) is 0 Å². The predicted octanol–water partition coefficient (Wildman–Crippen LogP) is 12.4.